The molecule has 0 spiro atoms. The number of nitrogens with zero attached hydrogens (tertiary/aromatic N) is 3. The van der Waals surface area contributed by atoms with E-state index >= 15 is 0 Å². The lowest BCUT2D eigenvalue weighted by Crippen LogP contribution is -2.21. The van der Waals surface area contributed by atoms with Gasteiger partial charge in [0, 0.05) is 17.7 Å². The zero-order chi connectivity index (χ0) is 20.5. The molecule has 1 aliphatic heterocycles. The first-order valence-electron chi connectivity index (χ1n) is 8.96. The van der Waals surface area contributed by atoms with Gasteiger partial charge in [0.1, 0.15) is 11.5 Å². The van der Waals surface area contributed by atoms with Crippen LogP contribution in [0.1, 0.15) is 18.2 Å². The number of nitro groups is 1. The second-order valence-corrected chi connectivity index (χ2v) is 6.65. The van der Waals surface area contributed by atoms with Crippen LogP contribution in [0, 0.1) is 17.0 Å². The molecule has 0 saturated carbocycles. The summed E-state index contributed by atoms with van der Waals surface area (Å²) in [5, 5.41) is 16.6. The van der Waals surface area contributed by atoms with Crippen molar-refractivity contribution in [1.82, 2.24) is 0 Å². The highest BCUT2D eigenvalue weighted by Crippen LogP contribution is 2.30. The van der Waals surface area contributed by atoms with Gasteiger partial charge in [-0.15, -0.1) is 0 Å². The largest absolute Gasteiger partial charge is 0.457 e. The zero-order valence-corrected chi connectivity index (χ0v) is 15.8. The molecule has 0 N–H and O–H groups in total. The second-order valence-electron chi connectivity index (χ2n) is 6.65. The van der Waals surface area contributed by atoms with E-state index < -0.39 is 4.92 Å². The number of non-ortho nitro benzene ring substituents is 1. The van der Waals surface area contributed by atoms with Crippen molar-refractivity contribution >= 4 is 29.1 Å². The number of hydrazone groups is 1. The number of furan rings is 1. The van der Waals surface area contributed by atoms with E-state index in [-0.39, 0.29) is 11.6 Å². The molecule has 29 heavy (non-hydrogen) atoms. The highest BCUT2D eigenvalue weighted by atomic mass is 16.6. The normalized spacial score (nSPS) is 15.1. The molecule has 0 bridgehead atoms. The molecule has 1 aromatic heterocycles. The summed E-state index contributed by atoms with van der Waals surface area (Å²) in [5.74, 6) is 0.855. The fourth-order valence-corrected chi connectivity index (χ4v) is 3.18. The van der Waals surface area contributed by atoms with Crippen LogP contribution in [-0.4, -0.2) is 16.5 Å². The van der Waals surface area contributed by atoms with Crippen molar-refractivity contribution in [1.29, 1.82) is 0 Å². The third-order valence-electron chi connectivity index (χ3n) is 4.66. The molecule has 4 rings (SSSR count). The molecule has 0 atom stereocenters. The van der Waals surface area contributed by atoms with E-state index in [4.69, 9.17) is 4.42 Å². The Morgan fingerprint density at radius 2 is 1.83 bits per heavy atom. The second kappa shape index (κ2) is 7.20. The molecule has 1 amide bonds. The molecule has 0 unspecified atom stereocenters. The van der Waals surface area contributed by atoms with E-state index in [2.05, 4.69) is 5.10 Å². The molecule has 7 nitrogen and oxygen atoms in total. The van der Waals surface area contributed by atoms with Crippen LogP contribution in [0.4, 0.5) is 11.4 Å². The molecular formula is C22H17N3O4. The van der Waals surface area contributed by atoms with Gasteiger partial charge in [-0.05, 0) is 55.8 Å². The van der Waals surface area contributed by atoms with E-state index in [1.807, 2.05) is 30.3 Å². The average Bonchev–Trinajstić information content (AvgIpc) is 3.28. The van der Waals surface area contributed by atoms with Crippen LogP contribution < -0.4 is 5.01 Å². The monoisotopic (exact) mass is 387 g/mol. The van der Waals surface area contributed by atoms with Gasteiger partial charge < -0.3 is 4.42 Å². The Bertz CT molecular complexity index is 1180. The van der Waals surface area contributed by atoms with Gasteiger partial charge in [-0.1, -0.05) is 18.2 Å². The van der Waals surface area contributed by atoms with Crippen LogP contribution in [-0.2, 0) is 4.79 Å². The molecule has 1 aliphatic rings. The number of amides is 1. The van der Waals surface area contributed by atoms with Crippen molar-refractivity contribution in [2.24, 2.45) is 5.10 Å². The van der Waals surface area contributed by atoms with E-state index in [1.165, 1.54) is 17.1 Å². The summed E-state index contributed by atoms with van der Waals surface area (Å²) in [5.41, 5.74) is 3.27. The maximum absolute atomic E-state index is 12.8. The van der Waals surface area contributed by atoms with Gasteiger partial charge in [0.25, 0.3) is 11.6 Å². The maximum Gasteiger partial charge on any atom is 0.280 e. The van der Waals surface area contributed by atoms with Crippen molar-refractivity contribution in [3.63, 3.8) is 0 Å². The van der Waals surface area contributed by atoms with Crippen molar-refractivity contribution in [2.75, 3.05) is 5.01 Å². The Hall–Kier alpha value is -4.00. The highest BCUT2D eigenvalue weighted by Gasteiger charge is 2.29. The number of carbonyl (C=O) groups excluding carboxylic acids is 1. The molecule has 0 aliphatic carbocycles. The van der Waals surface area contributed by atoms with Crippen molar-refractivity contribution in [3.8, 4) is 11.3 Å². The van der Waals surface area contributed by atoms with Crippen molar-refractivity contribution in [2.45, 2.75) is 13.8 Å². The minimum atomic E-state index is -0.429. The summed E-state index contributed by atoms with van der Waals surface area (Å²) in [6.07, 6.45) is 1.66. The Kier molecular flexibility index (Phi) is 4.56. The van der Waals surface area contributed by atoms with Gasteiger partial charge in [0.05, 0.1) is 21.9 Å². The summed E-state index contributed by atoms with van der Waals surface area (Å²) >= 11 is 0. The van der Waals surface area contributed by atoms with Gasteiger partial charge in [-0.3, -0.25) is 14.9 Å². The van der Waals surface area contributed by atoms with Gasteiger partial charge in [0.15, 0.2) is 0 Å². The topological polar surface area (TPSA) is 89.0 Å². The molecule has 7 heteroatoms. The average molecular weight is 387 g/mol. The summed E-state index contributed by atoms with van der Waals surface area (Å²) < 4.78 is 5.88. The molecule has 2 aromatic carbocycles. The quantitative estimate of drug-likeness (QED) is 0.359. The first-order valence-corrected chi connectivity index (χ1v) is 8.96. The van der Waals surface area contributed by atoms with Gasteiger partial charge in [-0.25, -0.2) is 0 Å². The molecule has 144 valence electrons. The summed E-state index contributed by atoms with van der Waals surface area (Å²) in [6, 6.07) is 17.4. The number of para-hydroxylation sites is 1. The predicted molar refractivity (Wildman–Crippen MR) is 111 cm³/mol. The molecule has 2 heterocycles. The van der Waals surface area contributed by atoms with Gasteiger partial charge >= 0.3 is 0 Å². The standard InChI is InChI=1S/C22H17N3O4/c1-14-12-17(25(27)28)8-10-19(14)21-11-9-18(29-21)13-20-15(2)23-24(22(20)26)16-6-4-3-5-7-16/h3-13H,1-2H3/b20-13+. The van der Waals surface area contributed by atoms with Crippen molar-refractivity contribution in [3.05, 3.63) is 87.7 Å². The zero-order valence-electron chi connectivity index (χ0n) is 15.8. The van der Waals surface area contributed by atoms with Crippen molar-refractivity contribution < 1.29 is 14.1 Å². The number of aryl methyl sites for hydroxylation is 1. The Balaban J connectivity index is 1.62. The number of carbonyl (C=O) groups is 1. The number of benzene rings is 2. The number of nitro benzene ring substituents is 1. The summed E-state index contributed by atoms with van der Waals surface area (Å²) in [7, 11) is 0. The SMILES string of the molecule is CC1=NN(c2ccccc2)C(=O)/C1=C/c1ccc(-c2ccc([N+](=O)[O-])cc2C)o1. The Labute approximate surface area is 166 Å². The van der Waals surface area contributed by atoms with E-state index in [0.717, 1.165) is 11.1 Å². The minimum absolute atomic E-state index is 0.0320. The summed E-state index contributed by atoms with van der Waals surface area (Å²) in [6.45, 7) is 3.56. The van der Waals surface area contributed by atoms with Crippen LogP contribution in [0.15, 0.2) is 75.8 Å². The first-order chi connectivity index (χ1) is 13.9. The fourth-order valence-electron chi connectivity index (χ4n) is 3.18. The number of hydrogen-bond acceptors (Lipinski definition) is 5. The lowest BCUT2D eigenvalue weighted by molar-refractivity contribution is -0.384. The Morgan fingerprint density at radius 1 is 1.07 bits per heavy atom. The molecular weight excluding hydrogens is 370 g/mol. The molecule has 0 fully saturated rings. The van der Waals surface area contributed by atoms with Gasteiger partial charge in [-0.2, -0.15) is 10.1 Å². The van der Waals surface area contributed by atoms with Crippen LogP contribution >= 0.6 is 0 Å². The lowest BCUT2D eigenvalue weighted by atomic mass is 10.1. The third kappa shape index (κ3) is 3.45. The molecule has 0 radical (unpaired) electrons. The molecule has 3 aromatic rings. The number of rotatable bonds is 4. The van der Waals surface area contributed by atoms with Crippen LogP contribution in [0.5, 0.6) is 0 Å². The highest BCUT2D eigenvalue weighted by molar-refractivity contribution is 6.32. The van der Waals surface area contributed by atoms with E-state index in [9.17, 15) is 14.9 Å². The fraction of sp³-hybridized carbons (Fsp3) is 0.0909. The number of hydrogen-bond donors (Lipinski definition) is 0. The predicted octanol–water partition coefficient (Wildman–Crippen LogP) is 4.97. The maximum atomic E-state index is 12.8. The van der Waals surface area contributed by atoms with Gasteiger partial charge in [0.2, 0.25) is 0 Å². The van der Waals surface area contributed by atoms with Crippen LogP contribution in [0.3, 0.4) is 0 Å². The van der Waals surface area contributed by atoms with Crippen LogP contribution in [0.2, 0.25) is 0 Å². The van der Waals surface area contributed by atoms with Crippen LogP contribution in [0.25, 0.3) is 17.4 Å². The third-order valence-corrected chi connectivity index (χ3v) is 4.66. The summed E-state index contributed by atoms with van der Waals surface area (Å²) in [4.78, 5) is 23.3. The Morgan fingerprint density at radius 3 is 2.52 bits per heavy atom. The lowest BCUT2D eigenvalue weighted by Gasteiger charge is -2.10. The smallest absolute Gasteiger partial charge is 0.280 e. The molecule has 0 saturated heterocycles. The minimum Gasteiger partial charge on any atom is -0.457 e. The number of anilines is 1. The van der Waals surface area contributed by atoms with E-state index in [1.54, 1.807) is 38.1 Å². The first kappa shape index (κ1) is 18.4. The van der Waals surface area contributed by atoms with E-state index in [0.29, 0.717) is 28.5 Å².